The van der Waals surface area contributed by atoms with Crippen molar-refractivity contribution < 1.29 is 4.79 Å². The SMILES string of the molecule is O=C1CC[C@H]2CC=C(Cc3ccccc3)N12. The maximum atomic E-state index is 11.7. The molecular formula is C14H15NO. The van der Waals surface area contributed by atoms with Crippen molar-refractivity contribution in [3.63, 3.8) is 0 Å². The van der Waals surface area contributed by atoms with E-state index in [-0.39, 0.29) is 0 Å². The highest BCUT2D eigenvalue weighted by molar-refractivity contribution is 5.81. The molecule has 0 aliphatic carbocycles. The molecule has 1 atom stereocenters. The summed E-state index contributed by atoms with van der Waals surface area (Å²) < 4.78 is 0. The molecule has 2 aliphatic rings. The van der Waals surface area contributed by atoms with E-state index in [1.165, 1.54) is 11.3 Å². The van der Waals surface area contributed by atoms with E-state index in [2.05, 4.69) is 18.2 Å². The molecule has 0 spiro atoms. The van der Waals surface area contributed by atoms with Gasteiger partial charge in [-0.25, -0.2) is 0 Å². The lowest BCUT2D eigenvalue weighted by atomic mass is 10.1. The fourth-order valence-corrected chi connectivity index (χ4v) is 2.69. The highest BCUT2D eigenvalue weighted by Gasteiger charge is 2.36. The van der Waals surface area contributed by atoms with Crippen molar-refractivity contribution in [1.82, 2.24) is 4.90 Å². The predicted octanol–water partition coefficient (Wildman–Crippen LogP) is 2.51. The molecule has 2 heterocycles. The Morgan fingerprint density at radius 1 is 1.25 bits per heavy atom. The molecule has 16 heavy (non-hydrogen) atoms. The first-order chi connectivity index (χ1) is 7.84. The first-order valence-corrected chi connectivity index (χ1v) is 5.89. The number of fused-ring (bicyclic) bond motifs is 1. The quantitative estimate of drug-likeness (QED) is 0.739. The van der Waals surface area contributed by atoms with Crippen molar-refractivity contribution in [1.29, 1.82) is 0 Å². The molecule has 1 aromatic carbocycles. The first-order valence-electron chi connectivity index (χ1n) is 5.89. The summed E-state index contributed by atoms with van der Waals surface area (Å²) in [6.07, 6.45) is 5.94. The largest absolute Gasteiger partial charge is 0.313 e. The van der Waals surface area contributed by atoms with Gasteiger partial charge in [0.1, 0.15) is 0 Å². The minimum atomic E-state index is 0.310. The molecule has 2 aliphatic heterocycles. The van der Waals surface area contributed by atoms with E-state index in [0.29, 0.717) is 11.9 Å². The van der Waals surface area contributed by atoms with Crippen LogP contribution in [0.5, 0.6) is 0 Å². The Hall–Kier alpha value is -1.57. The second-order valence-electron chi connectivity index (χ2n) is 4.55. The Labute approximate surface area is 95.6 Å². The number of hydrogen-bond donors (Lipinski definition) is 0. The van der Waals surface area contributed by atoms with Crippen LogP contribution in [0.2, 0.25) is 0 Å². The second-order valence-corrected chi connectivity index (χ2v) is 4.55. The number of nitrogens with zero attached hydrogens (tertiary/aromatic N) is 1. The van der Waals surface area contributed by atoms with Gasteiger partial charge < -0.3 is 4.90 Å². The fourth-order valence-electron chi connectivity index (χ4n) is 2.69. The average Bonchev–Trinajstić information content (AvgIpc) is 2.86. The van der Waals surface area contributed by atoms with Crippen LogP contribution in [0.4, 0.5) is 0 Å². The molecule has 0 radical (unpaired) electrons. The summed E-state index contributed by atoms with van der Waals surface area (Å²) in [5.41, 5.74) is 2.49. The minimum absolute atomic E-state index is 0.310. The molecule has 0 saturated carbocycles. The van der Waals surface area contributed by atoms with Gasteiger partial charge in [0.25, 0.3) is 0 Å². The molecule has 1 fully saturated rings. The van der Waals surface area contributed by atoms with Crippen molar-refractivity contribution in [2.75, 3.05) is 0 Å². The van der Waals surface area contributed by atoms with Gasteiger partial charge in [0.05, 0.1) is 0 Å². The summed E-state index contributed by atoms with van der Waals surface area (Å²) in [5, 5.41) is 0. The number of hydrogen-bond acceptors (Lipinski definition) is 1. The van der Waals surface area contributed by atoms with Gasteiger partial charge in [-0.05, 0) is 18.4 Å². The number of rotatable bonds is 2. The Morgan fingerprint density at radius 3 is 2.88 bits per heavy atom. The topological polar surface area (TPSA) is 20.3 Å². The summed E-state index contributed by atoms with van der Waals surface area (Å²) >= 11 is 0. The number of benzene rings is 1. The molecule has 0 aromatic heterocycles. The third-order valence-corrected chi connectivity index (χ3v) is 3.49. The molecule has 1 aromatic rings. The average molecular weight is 213 g/mol. The summed E-state index contributed by atoms with van der Waals surface area (Å²) in [6, 6.07) is 10.8. The zero-order valence-corrected chi connectivity index (χ0v) is 9.23. The standard InChI is InChI=1S/C14H15NO/c16-14-9-8-12-6-7-13(15(12)14)10-11-4-2-1-3-5-11/h1-5,7,12H,6,8-10H2/t12-/m1/s1. The van der Waals surface area contributed by atoms with Crippen LogP contribution in [0.25, 0.3) is 0 Å². The fraction of sp³-hybridized carbons (Fsp3) is 0.357. The van der Waals surface area contributed by atoms with Crippen LogP contribution in [0.15, 0.2) is 42.1 Å². The monoisotopic (exact) mass is 213 g/mol. The second kappa shape index (κ2) is 3.78. The summed E-state index contributed by atoms with van der Waals surface area (Å²) in [6.45, 7) is 0. The van der Waals surface area contributed by atoms with Crippen molar-refractivity contribution in [2.45, 2.75) is 31.7 Å². The lowest BCUT2D eigenvalue weighted by molar-refractivity contribution is -0.126. The number of allylic oxidation sites excluding steroid dienone is 1. The van der Waals surface area contributed by atoms with E-state index >= 15 is 0 Å². The molecule has 0 bridgehead atoms. The van der Waals surface area contributed by atoms with Gasteiger partial charge in [0.2, 0.25) is 5.91 Å². The van der Waals surface area contributed by atoms with Crippen LogP contribution >= 0.6 is 0 Å². The van der Waals surface area contributed by atoms with Crippen LogP contribution in [0, 0.1) is 0 Å². The van der Waals surface area contributed by atoms with Gasteiger partial charge in [-0.1, -0.05) is 36.4 Å². The maximum absolute atomic E-state index is 11.7. The van der Waals surface area contributed by atoms with Crippen LogP contribution in [0.1, 0.15) is 24.8 Å². The molecule has 3 rings (SSSR count). The van der Waals surface area contributed by atoms with Crippen molar-refractivity contribution >= 4 is 5.91 Å². The smallest absolute Gasteiger partial charge is 0.227 e. The van der Waals surface area contributed by atoms with E-state index in [1.54, 1.807) is 0 Å². The number of carbonyl (C=O) groups is 1. The first kappa shape index (κ1) is 9.64. The molecule has 1 amide bonds. The van der Waals surface area contributed by atoms with Crippen LogP contribution in [0.3, 0.4) is 0 Å². The van der Waals surface area contributed by atoms with Crippen molar-refractivity contribution in [3.05, 3.63) is 47.7 Å². The molecule has 82 valence electrons. The number of carbonyl (C=O) groups excluding carboxylic acids is 1. The lowest BCUT2D eigenvalue weighted by Gasteiger charge is -2.20. The van der Waals surface area contributed by atoms with Crippen LogP contribution < -0.4 is 0 Å². The molecule has 2 nitrogen and oxygen atoms in total. The van der Waals surface area contributed by atoms with Gasteiger partial charge in [0, 0.05) is 24.6 Å². The van der Waals surface area contributed by atoms with Crippen molar-refractivity contribution in [3.8, 4) is 0 Å². The maximum Gasteiger partial charge on any atom is 0.227 e. The van der Waals surface area contributed by atoms with Gasteiger partial charge in [-0.15, -0.1) is 0 Å². The lowest BCUT2D eigenvalue weighted by Crippen LogP contribution is -2.28. The summed E-state index contributed by atoms with van der Waals surface area (Å²) in [5.74, 6) is 0.310. The summed E-state index contributed by atoms with van der Waals surface area (Å²) in [7, 11) is 0. The Morgan fingerprint density at radius 2 is 2.06 bits per heavy atom. The Balaban J connectivity index is 1.79. The minimum Gasteiger partial charge on any atom is -0.313 e. The zero-order valence-electron chi connectivity index (χ0n) is 9.23. The molecule has 0 unspecified atom stereocenters. The van der Waals surface area contributed by atoms with E-state index in [1.807, 2.05) is 23.1 Å². The Bertz CT molecular complexity index is 435. The molecule has 1 saturated heterocycles. The van der Waals surface area contributed by atoms with E-state index in [9.17, 15) is 4.79 Å². The third-order valence-electron chi connectivity index (χ3n) is 3.49. The zero-order chi connectivity index (χ0) is 11.0. The summed E-state index contributed by atoms with van der Waals surface area (Å²) in [4.78, 5) is 13.8. The molecular weight excluding hydrogens is 198 g/mol. The van der Waals surface area contributed by atoms with Gasteiger partial charge in [-0.3, -0.25) is 4.79 Å². The van der Waals surface area contributed by atoms with Crippen LogP contribution in [-0.2, 0) is 11.2 Å². The van der Waals surface area contributed by atoms with Gasteiger partial charge >= 0.3 is 0 Å². The van der Waals surface area contributed by atoms with Gasteiger partial charge in [-0.2, -0.15) is 0 Å². The highest BCUT2D eigenvalue weighted by atomic mass is 16.2. The van der Waals surface area contributed by atoms with E-state index < -0.39 is 0 Å². The number of amides is 1. The third kappa shape index (κ3) is 1.54. The Kier molecular flexibility index (Phi) is 2.28. The normalized spacial score (nSPS) is 23.5. The predicted molar refractivity (Wildman–Crippen MR) is 62.7 cm³/mol. The van der Waals surface area contributed by atoms with Gasteiger partial charge in [0.15, 0.2) is 0 Å². The van der Waals surface area contributed by atoms with E-state index in [4.69, 9.17) is 0 Å². The van der Waals surface area contributed by atoms with E-state index in [0.717, 1.165) is 25.7 Å². The molecule has 0 N–H and O–H groups in total. The molecule has 2 heteroatoms. The van der Waals surface area contributed by atoms with Crippen molar-refractivity contribution in [2.24, 2.45) is 0 Å². The van der Waals surface area contributed by atoms with Crippen LogP contribution in [-0.4, -0.2) is 16.8 Å². The highest BCUT2D eigenvalue weighted by Crippen LogP contribution is 2.33.